The monoisotopic (exact) mass is 740 g/mol. The molecule has 0 atom stereocenters. The smallest absolute Gasteiger partial charge is 0.0558 e. The van der Waals surface area contributed by atoms with Crippen LogP contribution in [-0.4, -0.2) is 9.13 Å². The lowest BCUT2D eigenvalue weighted by Crippen LogP contribution is -1.95. The predicted molar refractivity (Wildman–Crippen MR) is 211 cm³/mol. The molecule has 2 nitrogen and oxygen atoms in total. The Kier molecular flexibility index (Phi) is 6.21. The van der Waals surface area contributed by atoms with Crippen molar-refractivity contribution in [1.82, 2.24) is 9.13 Å². The predicted octanol–water partition coefficient (Wildman–Crippen LogP) is 13.4. The molecule has 0 spiro atoms. The minimum absolute atomic E-state index is 1.04. The lowest BCUT2D eigenvalue weighted by molar-refractivity contribution is 1.18. The third kappa shape index (κ3) is 4.16. The molecule has 10 rings (SSSR count). The summed E-state index contributed by atoms with van der Waals surface area (Å²) in [7, 11) is 0. The summed E-state index contributed by atoms with van der Waals surface area (Å²) in [6.45, 7) is 0. The van der Waals surface area contributed by atoms with Gasteiger partial charge in [-0.1, -0.05) is 129 Å². The van der Waals surface area contributed by atoms with Crippen LogP contribution in [0.15, 0.2) is 167 Å². The molecule has 2 heterocycles. The van der Waals surface area contributed by atoms with Crippen molar-refractivity contribution in [3.8, 4) is 22.5 Å². The van der Waals surface area contributed by atoms with E-state index in [0.29, 0.717) is 0 Å². The number of fused-ring (bicyclic) bond motifs is 8. The van der Waals surface area contributed by atoms with Crippen LogP contribution >= 0.6 is 31.9 Å². The van der Waals surface area contributed by atoms with E-state index in [-0.39, 0.29) is 0 Å². The van der Waals surface area contributed by atoms with Gasteiger partial charge < -0.3 is 9.13 Å². The van der Waals surface area contributed by atoms with Crippen molar-refractivity contribution in [2.45, 2.75) is 0 Å². The van der Waals surface area contributed by atoms with Crippen molar-refractivity contribution in [2.24, 2.45) is 0 Å². The lowest BCUT2D eigenvalue weighted by Gasteiger charge is -2.13. The standard InChI is InChI=1S/C44H26Br2N2/c45-31-23-37(43-35-13-5-7-15-39(35)47(41(43)25-31)33-19-17-27-9-1-3-11-29(27)21-33)38-24-32(46)26-42-44(38)36-14-6-8-16-40(36)48(42)34-20-18-28-10-2-4-12-30(28)22-34/h1-26H. The number of aromatic nitrogens is 2. The third-order valence-electron chi connectivity index (χ3n) is 9.75. The molecule has 0 N–H and O–H groups in total. The molecule has 0 radical (unpaired) electrons. The van der Waals surface area contributed by atoms with Crippen LogP contribution < -0.4 is 0 Å². The highest BCUT2D eigenvalue weighted by molar-refractivity contribution is 9.10. The highest BCUT2D eigenvalue weighted by Gasteiger charge is 2.22. The normalized spacial score (nSPS) is 12.0. The summed E-state index contributed by atoms with van der Waals surface area (Å²) in [5.41, 5.74) is 9.40. The topological polar surface area (TPSA) is 9.86 Å². The summed E-state index contributed by atoms with van der Waals surface area (Å²) in [6, 6.07) is 57.4. The molecule has 0 aliphatic heterocycles. The van der Waals surface area contributed by atoms with Gasteiger partial charge in [0.05, 0.1) is 22.1 Å². The van der Waals surface area contributed by atoms with Crippen LogP contribution in [0.3, 0.4) is 0 Å². The number of nitrogens with zero attached hydrogens (tertiary/aromatic N) is 2. The molecular formula is C44H26Br2N2. The van der Waals surface area contributed by atoms with Crippen LogP contribution in [0, 0.1) is 0 Å². The van der Waals surface area contributed by atoms with E-state index in [9.17, 15) is 0 Å². The van der Waals surface area contributed by atoms with Gasteiger partial charge in [0, 0.05) is 41.9 Å². The molecule has 0 unspecified atom stereocenters. The van der Waals surface area contributed by atoms with E-state index >= 15 is 0 Å². The van der Waals surface area contributed by atoms with Crippen LogP contribution in [0.4, 0.5) is 0 Å². The van der Waals surface area contributed by atoms with E-state index in [4.69, 9.17) is 0 Å². The fourth-order valence-electron chi connectivity index (χ4n) is 7.74. The molecule has 10 aromatic rings. The maximum absolute atomic E-state index is 3.95. The molecular weight excluding hydrogens is 716 g/mol. The molecule has 0 saturated carbocycles. The quantitative estimate of drug-likeness (QED) is 0.171. The molecule has 0 aliphatic carbocycles. The molecule has 48 heavy (non-hydrogen) atoms. The lowest BCUT2D eigenvalue weighted by atomic mass is 9.95. The zero-order chi connectivity index (χ0) is 31.9. The Hall–Kier alpha value is -5.16. The fourth-order valence-corrected chi connectivity index (χ4v) is 8.63. The summed E-state index contributed by atoms with van der Waals surface area (Å²) in [6.07, 6.45) is 0. The molecule has 0 saturated heterocycles. The number of hydrogen-bond donors (Lipinski definition) is 0. The Morgan fingerprint density at radius 2 is 0.729 bits per heavy atom. The maximum atomic E-state index is 3.95. The van der Waals surface area contributed by atoms with Gasteiger partial charge in [-0.05, 0) is 93.3 Å². The largest absolute Gasteiger partial charge is 0.309 e. The number of rotatable bonds is 3. The minimum Gasteiger partial charge on any atom is -0.309 e. The van der Waals surface area contributed by atoms with Gasteiger partial charge in [0.2, 0.25) is 0 Å². The van der Waals surface area contributed by atoms with Crippen LogP contribution in [0.25, 0.3) is 87.7 Å². The van der Waals surface area contributed by atoms with Crippen molar-refractivity contribution >= 4 is 97.0 Å². The Morgan fingerprint density at radius 3 is 1.19 bits per heavy atom. The van der Waals surface area contributed by atoms with Crippen LogP contribution in [-0.2, 0) is 0 Å². The summed E-state index contributed by atoms with van der Waals surface area (Å²) in [5, 5.41) is 9.88. The summed E-state index contributed by atoms with van der Waals surface area (Å²) < 4.78 is 6.92. The van der Waals surface area contributed by atoms with Gasteiger partial charge >= 0.3 is 0 Å². The molecule has 0 amide bonds. The highest BCUT2D eigenvalue weighted by atomic mass is 79.9. The number of benzene rings is 8. The molecule has 0 aliphatic rings. The maximum Gasteiger partial charge on any atom is 0.0558 e. The van der Waals surface area contributed by atoms with Gasteiger partial charge in [-0.2, -0.15) is 0 Å². The highest BCUT2D eigenvalue weighted by Crippen LogP contribution is 2.46. The summed E-state index contributed by atoms with van der Waals surface area (Å²) in [4.78, 5) is 0. The van der Waals surface area contributed by atoms with Crippen molar-refractivity contribution in [3.63, 3.8) is 0 Å². The number of halogens is 2. The third-order valence-corrected chi connectivity index (χ3v) is 10.7. The molecule has 8 aromatic carbocycles. The Labute approximate surface area is 293 Å². The second-order valence-electron chi connectivity index (χ2n) is 12.5. The van der Waals surface area contributed by atoms with Crippen LogP contribution in [0.5, 0.6) is 0 Å². The first kappa shape index (κ1) is 27.9. The zero-order valence-electron chi connectivity index (χ0n) is 25.7. The first-order valence-electron chi connectivity index (χ1n) is 16.1. The van der Waals surface area contributed by atoms with Crippen molar-refractivity contribution in [2.75, 3.05) is 0 Å². The second kappa shape index (κ2) is 10.7. The zero-order valence-corrected chi connectivity index (χ0v) is 28.8. The van der Waals surface area contributed by atoms with Gasteiger partial charge in [0.15, 0.2) is 0 Å². The van der Waals surface area contributed by atoms with Gasteiger partial charge in [-0.15, -0.1) is 0 Å². The van der Waals surface area contributed by atoms with Crippen LogP contribution in [0.2, 0.25) is 0 Å². The van der Waals surface area contributed by atoms with Gasteiger partial charge in [-0.25, -0.2) is 0 Å². The van der Waals surface area contributed by atoms with Gasteiger partial charge in [0.25, 0.3) is 0 Å². The Balaban J connectivity index is 1.32. The second-order valence-corrected chi connectivity index (χ2v) is 14.3. The number of hydrogen-bond acceptors (Lipinski definition) is 0. The first-order valence-corrected chi connectivity index (χ1v) is 17.7. The van der Waals surface area contributed by atoms with E-state index in [1.54, 1.807) is 0 Å². The first-order chi connectivity index (χ1) is 23.6. The van der Waals surface area contributed by atoms with E-state index in [2.05, 4.69) is 199 Å². The summed E-state index contributed by atoms with van der Waals surface area (Å²) in [5.74, 6) is 0. The van der Waals surface area contributed by atoms with E-state index in [0.717, 1.165) is 20.3 Å². The Bertz CT molecular complexity index is 2730. The SMILES string of the molecule is Brc1cc(-c2cc(Br)cc3c2c2ccccc2n3-c2ccc3ccccc3c2)c2c3ccccc3n(-c3ccc4ccccc4c3)c2c1. The molecule has 2 aromatic heterocycles. The van der Waals surface area contributed by atoms with Gasteiger partial charge in [-0.3, -0.25) is 0 Å². The van der Waals surface area contributed by atoms with Crippen molar-refractivity contribution in [3.05, 3.63) is 167 Å². The Morgan fingerprint density at radius 1 is 0.333 bits per heavy atom. The van der Waals surface area contributed by atoms with Crippen LogP contribution in [0.1, 0.15) is 0 Å². The number of para-hydroxylation sites is 2. The van der Waals surface area contributed by atoms with E-state index in [1.807, 2.05) is 0 Å². The average Bonchev–Trinajstić information content (AvgIpc) is 3.63. The van der Waals surface area contributed by atoms with Crippen molar-refractivity contribution in [1.29, 1.82) is 0 Å². The van der Waals surface area contributed by atoms with Gasteiger partial charge in [0.1, 0.15) is 0 Å². The minimum atomic E-state index is 1.04. The van der Waals surface area contributed by atoms with E-state index < -0.39 is 0 Å². The van der Waals surface area contributed by atoms with E-state index in [1.165, 1.54) is 76.3 Å². The fraction of sp³-hybridized carbons (Fsp3) is 0. The average molecular weight is 743 g/mol. The molecule has 4 heteroatoms. The van der Waals surface area contributed by atoms with Crippen molar-refractivity contribution < 1.29 is 0 Å². The molecule has 226 valence electrons. The molecule has 0 bridgehead atoms. The summed E-state index contributed by atoms with van der Waals surface area (Å²) >= 11 is 7.90. The molecule has 0 fully saturated rings.